The predicted octanol–water partition coefficient (Wildman–Crippen LogP) is 1.99. The van der Waals surface area contributed by atoms with Crippen molar-refractivity contribution >= 4 is 17.1 Å². The third-order valence-electron chi connectivity index (χ3n) is 2.79. The highest BCUT2D eigenvalue weighted by Crippen LogP contribution is 2.23. The van der Waals surface area contributed by atoms with Gasteiger partial charge in [-0.1, -0.05) is 6.42 Å². The minimum absolute atomic E-state index is 0.0181. The van der Waals surface area contributed by atoms with Gasteiger partial charge in [0.15, 0.2) is 0 Å². The largest absolute Gasteiger partial charge is 0.398 e. The van der Waals surface area contributed by atoms with Gasteiger partial charge in [-0.15, -0.1) is 0 Å². The maximum atomic E-state index is 10.7. The van der Waals surface area contributed by atoms with Gasteiger partial charge in [0.1, 0.15) is 0 Å². The molecule has 1 saturated heterocycles. The monoisotopic (exact) mass is 236 g/mol. The average Bonchev–Trinajstić information content (AvgIpc) is 2.29. The molecular formula is C11H16N4O2. The molecule has 0 bridgehead atoms. The summed E-state index contributed by atoms with van der Waals surface area (Å²) in [5.74, 6) is 0. The Balaban J connectivity index is 2.11. The van der Waals surface area contributed by atoms with Crippen molar-refractivity contribution in [3.8, 4) is 0 Å². The van der Waals surface area contributed by atoms with Gasteiger partial charge >= 0.3 is 0 Å². The predicted molar refractivity (Wildman–Crippen MR) is 66.6 cm³/mol. The highest BCUT2D eigenvalue weighted by atomic mass is 16.6. The van der Waals surface area contributed by atoms with Gasteiger partial charge in [-0.05, 0) is 18.9 Å². The quantitative estimate of drug-likeness (QED) is 0.476. The van der Waals surface area contributed by atoms with Crippen LogP contribution >= 0.6 is 0 Å². The summed E-state index contributed by atoms with van der Waals surface area (Å²) < 4.78 is 0. The van der Waals surface area contributed by atoms with E-state index in [-0.39, 0.29) is 5.69 Å². The molecule has 17 heavy (non-hydrogen) atoms. The molecule has 0 radical (unpaired) electrons. The first-order valence-corrected chi connectivity index (χ1v) is 5.72. The lowest BCUT2D eigenvalue weighted by Crippen LogP contribution is -2.34. The molecule has 0 spiro atoms. The standard InChI is InChI=1S/C11H16N4O2/c12-9-6-10(8-11(7-9)15(16)17)13-14-4-2-1-3-5-14/h6-8,13H,1-5,12H2. The molecule has 1 aliphatic heterocycles. The first-order valence-electron chi connectivity index (χ1n) is 5.72. The van der Waals surface area contributed by atoms with Gasteiger partial charge in [-0.25, -0.2) is 5.01 Å². The lowest BCUT2D eigenvalue weighted by Gasteiger charge is -2.27. The van der Waals surface area contributed by atoms with Gasteiger partial charge in [-0.2, -0.15) is 0 Å². The molecule has 0 aromatic heterocycles. The molecule has 0 aliphatic carbocycles. The number of hydrogen-bond donors (Lipinski definition) is 2. The van der Waals surface area contributed by atoms with E-state index < -0.39 is 4.92 Å². The van der Waals surface area contributed by atoms with E-state index in [1.54, 1.807) is 6.07 Å². The first-order chi connectivity index (χ1) is 8.15. The van der Waals surface area contributed by atoms with Crippen LogP contribution in [0.15, 0.2) is 18.2 Å². The van der Waals surface area contributed by atoms with Gasteiger partial charge < -0.3 is 11.2 Å². The van der Waals surface area contributed by atoms with Crippen LogP contribution in [0.25, 0.3) is 0 Å². The van der Waals surface area contributed by atoms with E-state index in [9.17, 15) is 10.1 Å². The van der Waals surface area contributed by atoms with Crippen LogP contribution in [0.2, 0.25) is 0 Å². The second kappa shape index (κ2) is 5.01. The SMILES string of the molecule is Nc1cc(NN2CCCCC2)cc([N+](=O)[O-])c1. The fourth-order valence-corrected chi connectivity index (χ4v) is 1.99. The number of nitrogen functional groups attached to an aromatic ring is 1. The molecule has 1 heterocycles. The normalized spacial score (nSPS) is 16.7. The molecule has 6 heteroatoms. The zero-order chi connectivity index (χ0) is 12.3. The van der Waals surface area contributed by atoms with Crippen LogP contribution in [0.5, 0.6) is 0 Å². The van der Waals surface area contributed by atoms with Crippen LogP contribution in [-0.4, -0.2) is 23.0 Å². The molecular weight excluding hydrogens is 220 g/mol. The zero-order valence-electron chi connectivity index (χ0n) is 9.56. The molecule has 1 aromatic rings. The minimum Gasteiger partial charge on any atom is -0.398 e. The van der Waals surface area contributed by atoms with Crippen molar-refractivity contribution in [2.24, 2.45) is 0 Å². The van der Waals surface area contributed by atoms with Crippen molar-refractivity contribution in [2.75, 3.05) is 24.2 Å². The summed E-state index contributed by atoms with van der Waals surface area (Å²) >= 11 is 0. The van der Waals surface area contributed by atoms with Crippen molar-refractivity contribution in [1.29, 1.82) is 0 Å². The lowest BCUT2D eigenvalue weighted by atomic mass is 10.2. The fourth-order valence-electron chi connectivity index (χ4n) is 1.99. The summed E-state index contributed by atoms with van der Waals surface area (Å²) in [6.07, 6.45) is 3.55. The van der Waals surface area contributed by atoms with Crippen LogP contribution in [0, 0.1) is 10.1 Å². The number of nitrogens with one attached hydrogen (secondary N) is 1. The number of piperidine rings is 1. The Morgan fingerprint density at radius 2 is 1.94 bits per heavy atom. The number of hydrazine groups is 1. The Bertz CT molecular complexity index is 416. The van der Waals surface area contributed by atoms with E-state index >= 15 is 0 Å². The fraction of sp³-hybridized carbons (Fsp3) is 0.455. The van der Waals surface area contributed by atoms with Crippen LogP contribution in [0.1, 0.15) is 19.3 Å². The van der Waals surface area contributed by atoms with Gasteiger partial charge in [-0.3, -0.25) is 10.1 Å². The molecule has 1 aromatic carbocycles. The first kappa shape index (κ1) is 11.7. The van der Waals surface area contributed by atoms with Crippen LogP contribution < -0.4 is 11.2 Å². The molecule has 0 atom stereocenters. The molecule has 92 valence electrons. The van der Waals surface area contributed by atoms with Crippen molar-refractivity contribution in [1.82, 2.24) is 5.01 Å². The average molecular weight is 236 g/mol. The van der Waals surface area contributed by atoms with E-state index in [0.717, 1.165) is 25.9 Å². The third-order valence-corrected chi connectivity index (χ3v) is 2.79. The lowest BCUT2D eigenvalue weighted by molar-refractivity contribution is -0.384. The number of nitro groups is 1. The molecule has 1 aliphatic rings. The topological polar surface area (TPSA) is 84.4 Å². The highest BCUT2D eigenvalue weighted by molar-refractivity contribution is 5.61. The molecule has 1 fully saturated rings. The molecule has 0 unspecified atom stereocenters. The van der Waals surface area contributed by atoms with E-state index in [1.807, 2.05) is 0 Å². The number of benzene rings is 1. The van der Waals surface area contributed by atoms with E-state index in [2.05, 4.69) is 10.4 Å². The summed E-state index contributed by atoms with van der Waals surface area (Å²) in [6.45, 7) is 1.92. The number of nitro benzene ring substituents is 1. The number of hydrogen-bond acceptors (Lipinski definition) is 5. The maximum Gasteiger partial charge on any atom is 0.273 e. The zero-order valence-corrected chi connectivity index (χ0v) is 9.56. The number of nitrogens with two attached hydrogens (primary N) is 1. The summed E-state index contributed by atoms with van der Waals surface area (Å²) in [4.78, 5) is 10.3. The maximum absolute atomic E-state index is 10.7. The van der Waals surface area contributed by atoms with Gasteiger partial charge in [0.2, 0.25) is 0 Å². The van der Waals surface area contributed by atoms with Crippen LogP contribution in [-0.2, 0) is 0 Å². The Labute approximate surface area is 99.5 Å². The van der Waals surface area contributed by atoms with Gasteiger partial charge in [0, 0.05) is 30.9 Å². The molecule has 3 N–H and O–H groups in total. The third kappa shape index (κ3) is 3.07. The number of non-ortho nitro benzene ring substituents is 1. The minimum atomic E-state index is -0.433. The number of rotatable bonds is 3. The molecule has 2 rings (SSSR count). The molecule has 6 nitrogen and oxygen atoms in total. The van der Waals surface area contributed by atoms with Gasteiger partial charge in [0.25, 0.3) is 5.69 Å². The Morgan fingerprint density at radius 1 is 1.24 bits per heavy atom. The van der Waals surface area contributed by atoms with E-state index in [0.29, 0.717) is 11.4 Å². The summed E-state index contributed by atoms with van der Waals surface area (Å²) in [7, 11) is 0. The van der Waals surface area contributed by atoms with Crippen LogP contribution in [0.4, 0.5) is 17.1 Å². The van der Waals surface area contributed by atoms with Crippen molar-refractivity contribution < 1.29 is 4.92 Å². The summed E-state index contributed by atoms with van der Waals surface area (Å²) in [5, 5.41) is 12.8. The molecule has 0 amide bonds. The number of anilines is 2. The smallest absolute Gasteiger partial charge is 0.273 e. The second-order valence-corrected chi connectivity index (χ2v) is 4.23. The Kier molecular flexibility index (Phi) is 3.43. The summed E-state index contributed by atoms with van der Waals surface area (Å²) in [5.41, 5.74) is 9.90. The van der Waals surface area contributed by atoms with Crippen molar-refractivity contribution in [3.05, 3.63) is 28.3 Å². The van der Waals surface area contributed by atoms with Crippen LogP contribution in [0.3, 0.4) is 0 Å². The van der Waals surface area contributed by atoms with Crippen molar-refractivity contribution in [2.45, 2.75) is 19.3 Å². The second-order valence-electron chi connectivity index (χ2n) is 4.23. The van der Waals surface area contributed by atoms with Crippen molar-refractivity contribution in [3.63, 3.8) is 0 Å². The number of nitrogens with zero attached hydrogens (tertiary/aromatic N) is 2. The van der Waals surface area contributed by atoms with E-state index in [4.69, 9.17) is 5.73 Å². The highest BCUT2D eigenvalue weighted by Gasteiger charge is 2.12. The Morgan fingerprint density at radius 3 is 2.59 bits per heavy atom. The van der Waals surface area contributed by atoms with E-state index in [1.165, 1.54) is 18.6 Å². The summed E-state index contributed by atoms with van der Waals surface area (Å²) in [6, 6.07) is 4.58. The van der Waals surface area contributed by atoms with Gasteiger partial charge in [0.05, 0.1) is 10.6 Å². The molecule has 0 saturated carbocycles. The Hall–Kier alpha value is -1.82.